The molecule has 19 heavy (non-hydrogen) atoms. The first-order valence-electron chi connectivity index (χ1n) is 5.86. The van der Waals surface area contributed by atoms with Crippen LogP contribution in [0.25, 0.3) is 0 Å². The predicted octanol–water partition coefficient (Wildman–Crippen LogP) is 4.06. The number of hydrogen-bond acceptors (Lipinski definition) is 5. The van der Waals surface area contributed by atoms with Crippen molar-refractivity contribution in [1.29, 1.82) is 0 Å². The summed E-state index contributed by atoms with van der Waals surface area (Å²) in [5.41, 5.74) is 10.8. The van der Waals surface area contributed by atoms with Gasteiger partial charge in [-0.15, -0.1) is 11.3 Å². The van der Waals surface area contributed by atoms with Crippen molar-refractivity contribution in [1.82, 2.24) is 4.98 Å². The molecule has 0 amide bonds. The molecule has 0 saturated heterocycles. The number of halogens is 1. The van der Waals surface area contributed by atoms with E-state index in [-0.39, 0.29) is 0 Å². The highest BCUT2D eigenvalue weighted by Crippen LogP contribution is 2.23. The number of hydrazone groups is 1. The molecule has 1 heterocycles. The molecule has 0 spiro atoms. The highest BCUT2D eigenvalue weighted by atomic mass is 79.9. The Balaban J connectivity index is 2.14. The Morgan fingerprint density at radius 1 is 1.47 bits per heavy atom. The van der Waals surface area contributed by atoms with Crippen LogP contribution in [0.4, 0.5) is 10.9 Å². The van der Waals surface area contributed by atoms with E-state index in [1.165, 1.54) is 16.9 Å². The minimum Gasteiger partial charge on any atom is -0.383 e. The van der Waals surface area contributed by atoms with Gasteiger partial charge in [0.05, 0.1) is 6.21 Å². The van der Waals surface area contributed by atoms with Crippen molar-refractivity contribution in [3.05, 3.63) is 39.2 Å². The summed E-state index contributed by atoms with van der Waals surface area (Å²) in [6.45, 7) is 4.32. The highest BCUT2D eigenvalue weighted by Gasteiger charge is 2.05. The van der Waals surface area contributed by atoms with Gasteiger partial charge in [-0.2, -0.15) is 5.10 Å². The van der Waals surface area contributed by atoms with Crippen LogP contribution in [-0.4, -0.2) is 11.2 Å². The fraction of sp³-hybridized carbons (Fsp3) is 0.231. The monoisotopic (exact) mass is 338 g/mol. The van der Waals surface area contributed by atoms with Gasteiger partial charge in [0.15, 0.2) is 0 Å². The normalized spacial score (nSPS) is 11.4. The summed E-state index contributed by atoms with van der Waals surface area (Å²) in [7, 11) is 0. The molecule has 3 N–H and O–H groups in total. The van der Waals surface area contributed by atoms with Gasteiger partial charge in [0.2, 0.25) is 5.13 Å². The van der Waals surface area contributed by atoms with Gasteiger partial charge in [0.1, 0.15) is 5.82 Å². The molecule has 2 aromatic rings. The number of nitrogen functional groups attached to an aromatic ring is 1. The van der Waals surface area contributed by atoms with E-state index in [2.05, 4.69) is 51.4 Å². The SMILES string of the molecule is CC(C)c1cc(Br)ccc1C=NNc1nc(N)cs1. The molecular weight excluding hydrogens is 324 g/mol. The summed E-state index contributed by atoms with van der Waals surface area (Å²) in [5.74, 6) is 0.948. The molecule has 1 aromatic heterocycles. The van der Waals surface area contributed by atoms with Crippen LogP contribution in [0.1, 0.15) is 30.9 Å². The van der Waals surface area contributed by atoms with Gasteiger partial charge < -0.3 is 5.73 Å². The zero-order valence-corrected chi connectivity index (χ0v) is 13.1. The van der Waals surface area contributed by atoms with Crippen molar-refractivity contribution < 1.29 is 0 Å². The van der Waals surface area contributed by atoms with E-state index in [1.807, 2.05) is 12.1 Å². The predicted molar refractivity (Wildman–Crippen MR) is 86.0 cm³/mol. The lowest BCUT2D eigenvalue weighted by molar-refractivity contribution is 0.863. The number of thiazole rings is 1. The van der Waals surface area contributed by atoms with Crippen LogP contribution in [0.2, 0.25) is 0 Å². The topological polar surface area (TPSA) is 63.3 Å². The Labute approximate surface area is 124 Å². The zero-order chi connectivity index (χ0) is 13.8. The first-order valence-corrected chi connectivity index (χ1v) is 7.53. The van der Waals surface area contributed by atoms with Crippen LogP contribution in [0.3, 0.4) is 0 Å². The molecule has 1 aromatic carbocycles. The molecule has 6 heteroatoms. The van der Waals surface area contributed by atoms with Crippen molar-refractivity contribution in [2.24, 2.45) is 5.10 Å². The zero-order valence-electron chi connectivity index (χ0n) is 10.7. The Hall–Kier alpha value is -1.40. The third kappa shape index (κ3) is 3.78. The average molecular weight is 339 g/mol. The molecule has 0 fully saturated rings. The summed E-state index contributed by atoms with van der Waals surface area (Å²) in [6.07, 6.45) is 1.80. The maximum Gasteiger partial charge on any atom is 0.205 e. The largest absolute Gasteiger partial charge is 0.383 e. The Morgan fingerprint density at radius 3 is 2.89 bits per heavy atom. The smallest absolute Gasteiger partial charge is 0.205 e. The van der Waals surface area contributed by atoms with E-state index < -0.39 is 0 Å². The van der Waals surface area contributed by atoms with Gasteiger partial charge in [0, 0.05) is 9.85 Å². The molecular formula is C13H15BrN4S. The second-order valence-electron chi connectivity index (χ2n) is 4.38. The molecule has 0 radical (unpaired) electrons. The Bertz CT molecular complexity index is 592. The van der Waals surface area contributed by atoms with Crippen LogP contribution in [0.5, 0.6) is 0 Å². The Morgan fingerprint density at radius 2 is 2.26 bits per heavy atom. The van der Waals surface area contributed by atoms with E-state index >= 15 is 0 Å². The lowest BCUT2D eigenvalue weighted by atomic mass is 9.98. The van der Waals surface area contributed by atoms with Gasteiger partial charge in [-0.05, 0) is 29.2 Å². The molecule has 0 unspecified atom stereocenters. The fourth-order valence-electron chi connectivity index (χ4n) is 1.66. The summed E-state index contributed by atoms with van der Waals surface area (Å²) in [6, 6.07) is 6.17. The van der Waals surface area contributed by atoms with E-state index in [0.717, 1.165) is 10.0 Å². The average Bonchev–Trinajstić information content (AvgIpc) is 2.77. The molecule has 0 bridgehead atoms. The maximum absolute atomic E-state index is 5.54. The van der Waals surface area contributed by atoms with Crippen molar-refractivity contribution in [3.8, 4) is 0 Å². The third-order valence-electron chi connectivity index (χ3n) is 2.56. The molecule has 0 aliphatic heterocycles. The lowest BCUT2D eigenvalue weighted by Crippen LogP contribution is -1.97. The van der Waals surface area contributed by atoms with Crippen LogP contribution in [0.15, 0.2) is 33.2 Å². The molecule has 0 aliphatic rings. The second kappa shape index (κ2) is 6.16. The molecule has 0 atom stereocenters. The lowest BCUT2D eigenvalue weighted by Gasteiger charge is -2.09. The standard InChI is InChI=1S/C13H15BrN4S/c1-8(2)11-5-10(14)4-3-9(11)6-16-18-13-17-12(15)7-19-13/h3-8H,15H2,1-2H3,(H,17,18). The molecule has 0 aliphatic carbocycles. The van der Waals surface area contributed by atoms with Crippen LogP contribution in [-0.2, 0) is 0 Å². The third-order valence-corrected chi connectivity index (χ3v) is 3.82. The Kier molecular flexibility index (Phi) is 4.55. The van der Waals surface area contributed by atoms with Crippen molar-refractivity contribution in [3.63, 3.8) is 0 Å². The number of nitrogens with two attached hydrogens (primary N) is 1. The van der Waals surface area contributed by atoms with E-state index in [1.54, 1.807) is 11.6 Å². The first kappa shape index (κ1) is 14.0. The number of benzene rings is 1. The molecule has 0 saturated carbocycles. The van der Waals surface area contributed by atoms with Crippen LogP contribution < -0.4 is 11.2 Å². The minimum absolute atomic E-state index is 0.439. The van der Waals surface area contributed by atoms with Gasteiger partial charge >= 0.3 is 0 Å². The second-order valence-corrected chi connectivity index (χ2v) is 6.15. The summed E-state index contributed by atoms with van der Waals surface area (Å²) < 4.78 is 1.08. The van der Waals surface area contributed by atoms with Crippen molar-refractivity contribution in [2.45, 2.75) is 19.8 Å². The fourth-order valence-corrected chi connectivity index (χ4v) is 2.59. The maximum atomic E-state index is 5.54. The van der Waals surface area contributed by atoms with E-state index in [0.29, 0.717) is 16.9 Å². The van der Waals surface area contributed by atoms with Crippen molar-refractivity contribution >= 4 is 44.4 Å². The molecule has 4 nitrogen and oxygen atoms in total. The number of nitrogens with one attached hydrogen (secondary N) is 1. The molecule has 100 valence electrons. The first-order chi connectivity index (χ1) is 9.06. The number of anilines is 2. The van der Waals surface area contributed by atoms with Gasteiger partial charge in [-0.3, -0.25) is 5.43 Å². The number of hydrogen-bond donors (Lipinski definition) is 2. The van der Waals surface area contributed by atoms with E-state index in [9.17, 15) is 0 Å². The molecule has 2 rings (SSSR count). The van der Waals surface area contributed by atoms with E-state index in [4.69, 9.17) is 5.73 Å². The van der Waals surface area contributed by atoms with Crippen molar-refractivity contribution in [2.75, 3.05) is 11.2 Å². The number of rotatable bonds is 4. The highest BCUT2D eigenvalue weighted by molar-refractivity contribution is 9.10. The van der Waals surface area contributed by atoms with Gasteiger partial charge in [0.25, 0.3) is 0 Å². The quantitative estimate of drug-likeness (QED) is 0.652. The summed E-state index contributed by atoms with van der Waals surface area (Å²) in [5, 5.41) is 6.67. The van der Waals surface area contributed by atoms with Crippen LogP contribution >= 0.6 is 27.3 Å². The minimum atomic E-state index is 0.439. The summed E-state index contributed by atoms with van der Waals surface area (Å²) >= 11 is 4.92. The number of aromatic nitrogens is 1. The number of nitrogens with zero attached hydrogens (tertiary/aromatic N) is 2. The van der Waals surface area contributed by atoms with Gasteiger partial charge in [-0.1, -0.05) is 35.8 Å². The summed E-state index contributed by atoms with van der Waals surface area (Å²) in [4.78, 5) is 4.08. The van der Waals surface area contributed by atoms with Gasteiger partial charge in [-0.25, -0.2) is 4.98 Å². The van der Waals surface area contributed by atoms with Crippen LogP contribution in [0, 0.1) is 0 Å².